The smallest absolute Gasteiger partial charge is 0.325 e. The maximum Gasteiger partial charge on any atom is 1.00 e. The van der Waals surface area contributed by atoms with Crippen LogP contribution in [0, 0.1) is 6.42 Å². The van der Waals surface area contributed by atoms with Crippen molar-refractivity contribution in [3.63, 3.8) is 0 Å². The van der Waals surface area contributed by atoms with Crippen LogP contribution in [-0.2, 0) is 0 Å². The average Bonchev–Trinajstić information content (AvgIpc) is 1.81. The molecule has 0 amide bonds. The number of unbranched alkanes of at least 4 members (excludes halogenated alkanes) is 4. The summed E-state index contributed by atoms with van der Waals surface area (Å²) in [7, 11) is 0. The summed E-state index contributed by atoms with van der Waals surface area (Å²) in [6, 6.07) is 0. The molecule has 1 heteroatoms. The second-order valence-corrected chi connectivity index (χ2v) is 1.96. The zero-order valence-electron chi connectivity index (χ0n) is 6.69. The standard InChI is InChI=1S/C8H15.Li/c1-3-5-7-8-6-4-2;/h3,7H,1,4-6,8H2,2H3;/q-1;+1. The van der Waals surface area contributed by atoms with E-state index in [-0.39, 0.29) is 18.9 Å². The van der Waals surface area contributed by atoms with Crippen molar-refractivity contribution in [1.82, 2.24) is 0 Å². The summed E-state index contributed by atoms with van der Waals surface area (Å²) < 4.78 is 0. The Balaban J connectivity index is 0. The molecule has 0 aliphatic heterocycles. The molecule has 0 radical (unpaired) electrons. The third-order valence-corrected chi connectivity index (χ3v) is 1.10. The van der Waals surface area contributed by atoms with Crippen LogP contribution in [0.1, 0.15) is 32.6 Å². The molecule has 0 saturated carbocycles. The summed E-state index contributed by atoms with van der Waals surface area (Å²) in [5, 5.41) is 0. The van der Waals surface area contributed by atoms with Crippen molar-refractivity contribution in [2.75, 3.05) is 0 Å². The Morgan fingerprint density at radius 3 is 2.67 bits per heavy atom. The summed E-state index contributed by atoms with van der Waals surface area (Å²) in [4.78, 5) is 0. The van der Waals surface area contributed by atoms with E-state index in [2.05, 4.69) is 19.9 Å². The van der Waals surface area contributed by atoms with Crippen molar-refractivity contribution >= 4 is 0 Å². The molecule has 0 unspecified atom stereocenters. The molecular formula is C8H15Li. The Morgan fingerprint density at radius 2 is 2.22 bits per heavy atom. The van der Waals surface area contributed by atoms with Gasteiger partial charge in [-0.25, -0.2) is 0 Å². The van der Waals surface area contributed by atoms with E-state index in [1.165, 1.54) is 19.3 Å². The van der Waals surface area contributed by atoms with Crippen LogP contribution in [-0.4, -0.2) is 0 Å². The van der Waals surface area contributed by atoms with E-state index in [9.17, 15) is 0 Å². The van der Waals surface area contributed by atoms with Crippen molar-refractivity contribution in [3.8, 4) is 0 Å². The van der Waals surface area contributed by atoms with E-state index in [1.807, 2.05) is 6.08 Å². The molecule has 0 heterocycles. The monoisotopic (exact) mass is 118 g/mol. The first-order chi connectivity index (χ1) is 3.91. The van der Waals surface area contributed by atoms with Gasteiger partial charge < -0.3 is 6.42 Å². The van der Waals surface area contributed by atoms with Gasteiger partial charge in [-0.05, 0) is 0 Å². The first kappa shape index (κ1) is 12.1. The van der Waals surface area contributed by atoms with Crippen LogP contribution in [0.2, 0.25) is 0 Å². The van der Waals surface area contributed by atoms with Gasteiger partial charge in [-0.1, -0.05) is 19.8 Å². The van der Waals surface area contributed by atoms with Gasteiger partial charge in [0.1, 0.15) is 0 Å². The second-order valence-electron chi connectivity index (χ2n) is 1.96. The van der Waals surface area contributed by atoms with E-state index in [1.54, 1.807) is 0 Å². The molecule has 0 aromatic carbocycles. The minimum atomic E-state index is 0. The summed E-state index contributed by atoms with van der Waals surface area (Å²) in [5.41, 5.74) is 0. The Bertz CT molecular complexity index is 50.5. The zero-order chi connectivity index (χ0) is 6.24. The van der Waals surface area contributed by atoms with Crippen molar-refractivity contribution in [1.29, 1.82) is 0 Å². The minimum absolute atomic E-state index is 0. The van der Waals surface area contributed by atoms with Gasteiger partial charge in [0, 0.05) is 0 Å². The van der Waals surface area contributed by atoms with Gasteiger partial charge in [0.25, 0.3) is 0 Å². The van der Waals surface area contributed by atoms with Crippen LogP contribution >= 0.6 is 0 Å². The normalized spacial score (nSPS) is 8.11. The van der Waals surface area contributed by atoms with E-state index < -0.39 is 0 Å². The Labute approximate surface area is 70.9 Å². The number of hydrogen-bond acceptors (Lipinski definition) is 0. The summed E-state index contributed by atoms with van der Waals surface area (Å²) in [5.74, 6) is 0. The van der Waals surface area contributed by atoms with Gasteiger partial charge in [0.15, 0.2) is 0 Å². The maximum atomic E-state index is 3.63. The molecule has 0 N–H and O–H groups in total. The SMILES string of the molecule is C=CC[CH-]CCCC.[Li+]. The second kappa shape index (κ2) is 11.2. The molecule has 0 saturated heterocycles. The van der Waals surface area contributed by atoms with Crippen molar-refractivity contribution in [2.45, 2.75) is 32.6 Å². The van der Waals surface area contributed by atoms with Gasteiger partial charge in [-0.3, -0.25) is 0 Å². The van der Waals surface area contributed by atoms with Gasteiger partial charge in [0.05, 0.1) is 0 Å². The number of allylic oxidation sites excluding steroid dienone is 1. The summed E-state index contributed by atoms with van der Waals surface area (Å²) in [6.07, 6.45) is 9.16. The van der Waals surface area contributed by atoms with Crippen molar-refractivity contribution in [3.05, 3.63) is 19.1 Å². The molecule has 0 nitrogen and oxygen atoms in total. The third-order valence-electron chi connectivity index (χ3n) is 1.10. The fourth-order valence-corrected chi connectivity index (χ4v) is 0.584. The Morgan fingerprint density at radius 1 is 1.56 bits per heavy atom. The predicted molar refractivity (Wildman–Crippen MR) is 38.6 cm³/mol. The molecule has 0 aromatic heterocycles. The van der Waals surface area contributed by atoms with Gasteiger partial charge in [-0.15, -0.1) is 12.7 Å². The minimum Gasteiger partial charge on any atom is -0.325 e. The number of rotatable bonds is 5. The van der Waals surface area contributed by atoms with Crippen LogP contribution < -0.4 is 18.9 Å². The van der Waals surface area contributed by atoms with E-state index in [0.29, 0.717) is 0 Å². The third kappa shape index (κ3) is 11.8. The van der Waals surface area contributed by atoms with Crippen LogP contribution in [0.4, 0.5) is 0 Å². The predicted octanol–water partition coefficient (Wildman–Crippen LogP) is -0.0390. The van der Waals surface area contributed by atoms with Crippen LogP contribution in [0.3, 0.4) is 0 Å². The van der Waals surface area contributed by atoms with Crippen molar-refractivity contribution in [2.24, 2.45) is 0 Å². The molecule has 0 aliphatic carbocycles. The van der Waals surface area contributed by atoms with E-state index in [4.69, 9.17) is 0 Å². The summed E-state index contributed by atoms with van der Waals surface area (Å²) in [6.45, 7) is 5.84. The van der Waals surface area contributed by atoms with Gasteiger partial charge in [-0.2, -0.15) is 12.8 Å². The van der Waals surface area contributed by atoms with Crippen LogP contribution in [0.5, 0.6) is 0 Å². The largest absolute Gasteiger partial charge is 1.00 e. The zero-order valence-corrected chi connectivity index (χ0v) is 6.69. The van der Waals surface area contributed by atoms with Gasteiger partial charge >= 0.3 is 18.9 Å². The first-order valence-corrected chi connectivity index (χ1v) is 3.34. The van der Waals surface area contributed by atoms with E-state index in [0.717, 1.165) is 6.42 Å². The Kier molecular flexibility index (Phi) is 15.0. The molecular weight excluding hydrogens is 103 g/mol. The van der Waals surface area contributed by atoms with E-state index >= 15 is 0 Å². The first-order valence-electron chi connectivity index (χ1n) is 3.34. The maximum absolute atomic E-state index is 3.63. The van der Waals surface area contributed by atoms with Crippen LogP contribution in [0.25, 0.3) is 0 Å². The Hall–Kier alpha value is 0.337. The molecule has 48 valence electrons. The quantitative estimate of drug-likeness (QED) is 0.206. The fourth-order valence-electron chi connectivity index (χ4n) is 0.584. The summed E-state index contributed by atoms with van der Waals surface area (Å²) >= 11 is 0. The molecule has 0 spiro atoms. The average molecular weight is 118 g/mol. The topological polar surface area (TPSA) is 0 Å². The molecule has 0 aliphatic rings. The van der Waals surface area contributed by atoms with Crippen LogP contribution in [0.15, 0.2) is 12.7 Å². The fraction of sp³-hybridized carbons (Fsp3) is 0.625. The van der Waals surface area contributed by atoms with Gasteiger partial charge in [0.2, 0.25) is 0 Å². The molecule has 0 aromatic rings. The molecule has 0 bridgehead atoms. The number of hydrogen-bond donors (Lipinski definition) is 0. The van der Waals surface area contributed by atoms with Crippen molar-refractivity contribution < 1.29 is 18.9 Å². The molecule has 0 fully saturated rings. The molecule has 9 heavy (non-hydrogen) atoms. The molecule has 0 rings (SSSR count). The molecule has 0 atom stereocenters.